The third-order valence-electron chi connectivity index (χ3n) is 2.54. The van der Waals surface area contributed by atoms with Crippen molar-refractivity contribution in [2.24, 2.45) is 5.92 Å². The molecular formula is C13H21ClN4O. The molecule has 5 nitrogen and oxygen atoms in total. The second-order valence-electron chi connectivity index (χ2n) is 5.13. The maximum atomic E-state index is 11.6. The van der Waals surface area contributed by atoms with Crippen LogP contribution in [0.2, 0.25) is 5.15 Å². The first-order valence-corrected chi connectivity index (χ1v) is 6.80. The summed E-state index contributed by atoms with van der Waals surface area (Å²) in [5.74, 6) is 1.19. The SMILES string of the molecule is CC(C)CNC(=O)CNc1ncnc(Cl)c1C(C)C. The molecule has 0 saturated carbocycles. The van der Waals surface area contributed by atoms with E-state index >= 15 is 0 Å². The third-order valence-corrected chi connectivity index (χ3v) is 2.84. The number of rotatable bonds is 6. The van der Waals surface area contributed by atoms with Gasteiger partial charge in [-0.25, -0.2) is 9.97 Å². The van der Waals surface area contributed by atoms with Gasteiger partial charge in [-0.15, -0.1) is 0 Å². The first kappa shape index (κ1) is 15.7. The van der Waals surface area contributed by atoms with E-state index in [1.807, 2.05) is 13.8 Å². The zero-order valence-corrected chi connectivity index (χ0v) is 12.6. The lowest BCUT2D eigenvalue weighted by Gasteiger charge is -2.14. The second kappa shape index (κ2) is 7.28. The van der Waals surface area contributed by atoms with Crippen LogP contribution in [0.15, 0.2) is 6.33 Å². The smallest absolute Gasteiger partial charge is 0.239 e. The number of anilines is 1. The van der Waals surface area contributed by atoms with Gasteiger partial charge in [0.05, 0.1) is 6.54 Å². The van der Waals surface area contributed by atoms with Gasteiger partial charge in [0, 0.05) is 12.1 Å². The van der Waals surface area contributed by atoms with Crippen molar-refractivity contribution in [1.82, 2.24) is 15.3 Å². The van der Waals surface area contributed by atoms with Crippen LogP contribution in [0.4, 0.5) is 5.82 Å². The third kappa shape index (κ3) is 5.03. The Morgan fingerprint density at radius 3 is 2.58 bits per heavy atom. The first-order valence-electron chi connectivity index (χ1n) is 6.42. The highest BCUT2D eigenvalue weighted by Gasteiger charge is 2.14. The molecule has 0 aromatic carbocycles. The van der Waals surface area contributed by atoms with Gasteiger partial charge in [-0.2, -0.15) is 0 Å². The molecule has 0 saturated heterocycles. The molecule has 0 aliphatic carbocycles. The molecule has 0 aliphatic heterocycles. The van der Waals surface area contributed by atoms with Gasteiger partial charge in [-0.3, -0.25) is 4.79 Å². The number of nitrogens with zero attached hydrogens (tertiary/aromatic N) is 2. The van der Waals surface area contributed by atoms with E-state index in [0.29, 0.717) is 23.4 Å². The number of nitrogens with one attached hydrogen (secondary N) is 2. The van der Waals surface area contributed by atoms with Crippen molar-refractivity contribution in [3.05, 3.63) is 17.0 Å². The Hall–Kier alpha value is -1.36. The maximum Gasteiger partial charge on any atom is 0.239 e. The maximum absolute atomic E-state index is 11.6. The van der Waals surface area contributed by atoms with Crippen molar-refractivity contribution in [3.8, 4) is 0 Å². The molecule has 1 heterocycles. The van der Waals surface area contributed by atoms with Crippen molar-refractivity contribution in [1.29, 1.82) is 0 Å². The van der Waals surface area contributed by atoms with Gasteiger partial charge >= 0.3 is 0 Å². The predicted octanol–water partition coefficient (Wildman–Crippen LogP) is 2.44. The Balaban J connectivity index is 2.63. The molecule has 0 radical (unpaired) electrons. The van der Waals surface area contributed by atoms with Gasteiger partial charge in [0.2, 0.25) is 5.91 Å². The summed E-state index contributed by atoms with van der Waals surface area (Å²) in [4.78, 5) is 19.7. The molecule has 6 heteroatoms. The van der Waals surface area contributed by atoms with Gasteiger partial charge in [0.15, 0.2) is 0 Å². The summed E-state index contributed by atoms with van der Waals surface area (Å²) < 4.78 is 0. The molecule has 0 unspecified atom stereocenters. The molecule has 2 N–H and O–H groups in total. The van der Waals surface area contributed by atoms with E-state index in [2.05, 4.69) is 34.4 Å². The summed E-state index contributed by atoms with van der Waals surface area (Å²) in [5, 5.41) is 6.28. The number of carbonyl (C=O) groups excluding carboxylic acids is 1. The molecule has 1 rings (SSSR count). The monoisotopic (exact) mass is 284 g/mol. The molecule has 0 bridgehead atoms. The summed E-state index contributed by atoms with van der Waals surface area (Å²) in [5.41, 5.74) is 0.834. The second-order valence-corrected chi connectivity index (χ2v) is 5.49. The Morgan fingerprint density at radius 2 is 2.00 bits per heavy atom. The molecule has 1 aromatic heterocycles. The quantitative estimate of drug-likeness (QED) is 0.788. The van der Waals surface area contributed by atoms with Crippen molar-refractivity contribution in [2.75, 3.05) is 18.4 Å². The number of amides is 1. The van der Waals surface area contributed by atoms with E-state index in [0.717, 1.165) is 5.56 Å². The van der Waals surface area contributed by atoms with Crippen LogP contribution in [0.25, 0.3) is 0 Å². The molecule has 1 aromatic rings. The van der Waals surface area contributed by atoms with Crippen LogP contribution >= 0.6 is 11.6 Å². The number of hydrogen-bond acceptors (Lipinski definition) is 4. The minimum absolute atomic E-state index is 0.0573. The molecule has 0 aliphatic rings. The Morgan fingerprint density at radius 1 is 1.32 bits per heavy atom. The van der Waals surface area contributed by atoms with E-state index in [1.165, 1.54) is 6.33 Å². The summed E-state index contributed by atoms with van der Waals surface area (Å²) in [6.45, 7) is 8.97. The summed E-state index contributed by atoms with van der Waals surface area (Å²) >= 11 is 6.05. The molecule has 0 fully saturated rings. The topological polar surface area (TPSA) is 66.9 Å². The lowest BCUT2D eigenvalue weighted by Crippen LogP contribution is -2.32. The fourth-order valence-electron chi connectivity index (χ4n) is 1.57. The van der Waals surface area contributed by atoms with Gasteiger partial charge in [0.25, 0.3) is 0 Å². The van der Waals surface area contributed by atoms with Crippen molar-refractivity contribution in [3.63, 3.8) is 0 Å². The highest BCUT2D eigenvalue weighted by molar-refractivity contribution is 6.30. The van der Waals surface area contributed by atoms with Crippen LogP contribution in [0.5, 0.6) is 0 Å². The van der Waals surface area contributed by atoms with Gasteiger partial charge in [-0.1, -0.05) is 39.3 Å². The van der Waals surface area contributed by atoms with Gasteiger partial charge in [-0.05, 0) is 11.8 Å². The number of halogens is 1. The van der Waals surface area contributed by atoms with Crippen LogP contribution in [-0.2, 0) is 4.79 Å². The van der Waals surface area contributed by atoms with Gasteiger partial charge < -0.3 is 10.6 Å². The van der Waals surface area contributed by atoms with Crippen LogP contribution in [0, 0.1) is 5.92 Å². The molecule has 1 amide bonds. The lowest BCUT2D eigenvalue weighted by atomic mass is 10.1. The molecule has 106 valence electrons. The lowest BCUT2D eigenvalue weighted by molar-refractivity contribution is -0.119. The van der Waals surface area contributed by atoms with Crippen LogP contribution in [0.3, 0.4) is 0 Å². The fraction of sp³-hybridized carbons (Fsp3) is 0.615. The zero-order chi connectivity index (χ0) is 14.4. The molecule has 19 heavy (non-hydrogen) atoms. The summed E-state index contributed by atoms with van der Waals surface area (Å²) in [6, 6.07) is 0. The Bertz CT molecular complexity index is 435. The average Bonchev–Trinajstić information content (AvgIpc) is 2.33. The van der Waals surface area contributed by atoms with Crippen molar-refractivity contribution < 1.29 is 4.79 Å². The average molecular weight is 285 g/mol. The number of aromatic nitrogens is 2. The van der Waals surface area contributed by atoms with E-state index in [9.17, 15) is 4.79 Å². The highest BCUT2D eigenvalue weighted by atomic mass is 35.5. The first-order chi connectivity index (χ1) is 8.91. The molecule has 0 spiro atoms. The van der Waals surface area contributed by atoms with Gasteiger partial charge in [0.1, 0.15) is 17.3 Å². The minimum Gasteiger partial charge on any atom is -0.361 e. The Labute approximate surface area is 119 Å². The fourth-order valence-corrected chi connectivity index (χ4v) is 1.92. The number of carbonyl (C=O) groups is 1. The van der Waals surface area contributed by atoms with Crippen LogP contribution in [0.1, 0.15) is 39.2 Å². The largest absolute Gasteiger partial charge is 0.361 e. The molecular weight excluding hydrogens is 264 g/mol. The minimum atomic E-state index is -0.0573. The van der Waals surface area contributed by atoms with E-state index < -0.39 is 0 Å². The Kier molecular flexibility index (Phi) is 6.02. The number of hydrogen-bond donors (Lipinski definition) is 2. The van der Waals surface area contributed by atoms with Crippen LogP contribution < -0.4 is 10.6 Å². The van der Waals surface area contributed by atoms with E-state index in [4.69, 9.17) is 11.6 Å². The normalized spacial score (nSPS) is 10.9. The van der Waals surface area contributed by atoms with E-state index in [1.54, 1.807) is 0 Å². The van der Waals surface area contributed by atoms with Crippen molar-refractivity contribution >= 4 is 23.3 Å². The highest BCUT2D eigenvalue weighted by Crippen LogP contribution is 2.27. The van der Waals surface area contributed by atoms with E-state index in [-0.39, 0.29) is 18.4 Å². The standard InChI is InChI=1S/C13H21ClN4O/c1-8(2)5-15-10(19)6-16-13-11(9(3)4)12(14)17-7-18-13/h7-9H,5-6H2,1-4H3,(H,15,19)(H,16,17,18). The molecule has 0 atom stereocenters. The summed E-state index contributed by atoms with van der Waals surface area (Å²) in [6.07, 6.45) is 1.39. The van der Waals surface area contributed by atoms with Crippen LogP contribution in [-0.4, -0.2) is 29.0 Å². The predicted molar refractivity (Wildman–Crippen MR) is 77.5 cm³/mol. The summed E-state index contributed by atoms with van der Waals surface area (Å²) in [7, 11) is 0. The zero-order valence-electron chi connectivity index (χ0n) is 11.8. The van der Waals surface area contributed by atoms with Crippen molar-refractivity contribution in [2.45, 2.75) is 33.6 Å².